The molecule has 1 aromatic heterocycles. The van der Waals surface area contributed by atoms with Gasteiger partial charge in [0, 0.05) is 19.2 Å². The van der Waals surface area contributed by atoms with Crippen LogP contribution in [0.2, 0.25) is 0 Å². The van der Waals surface area contributed by atoms with E-state index < -0.39 is 11.7 Å². The molecule has 0 spiro atoms. The standard InChI is InChI=1S/C17H28N2O2/c1-4-21-17(9-7-16(2,3)8-10-17)14(20)12-13-6-5-11-19-15(13)18/h5-6,11,14,20H,4,7-10,12H2,1-3H3,(H2,18,19). The van der Waals surface area contributed by atoms with Crippen LogP contribution >= 0.6 is 0 Å². The highest BCUT2D eigenvalue weighted by molar-refractivity contribution is 5.39. The predicted octanol–water partition coefficient (Wildman–Crippen LogP) is 2.94. The molecule has 4 heteroatoms. The molecule has 3 N–H and O–H groups in total. The summed E-state index contributed by atoms with van der Waals surface area (Å²) in [6, 6.07) is 3.79. The zero-order valence-electron chi connectivity index (χ0n) is 13.4. The number of pyridine rings is 1. The van der Waals surface area contributed by atoms with Gasteiger partial charge in [0.1, 0.15) is 5.82 Å². The van der Waals surface area contributed by atoms with Crippen molar-refractivity contribution in [3.63, 3.8) is 0 Å². The molecule has 0 saturated heterocycles. The van der Waals surface area contributed by atoms with Gasteiger partial charge in [-0.05, 0) is 49.7 Å². The van der Waals surface area contributed by atoms with Crippen molar-refractivity contribution in [1.82, 2.24) is 4.98 Å². The number of aliphatic hydroxyl groups is 1. The van der Waals surface area contributed by atoms with Gasteiger partial charge in [0.2, 0.25) is 0 Å². The predicted molar refractivity (Wildman–Crippen MR) is 85.0 cm³/mol. The smallest absolute Gasteiger partial charge is 0.126 e. The van der Waals surface area contributed by atoms with Crippen molar-refractivity contribution in [3.05, 3.63) is 23.9 Å². The van der Waals surface area contributed by atoms with Crippen LogP contribution in [-0.2, 0) is 11.2 Å². The van der Waals surface area contributed by atoms with Gasteiger partial charge in [-0.2, -0.15) is 0 Å². The van der Waals surface area contributed by atoms with Crippen molar-refractivity contribution in [2.24, 2.45) is 5.41 Å². The fourth-order valence-electron chi connectivity index (χ4n) is 3.23. The SMILES string of the molecule is CCOC1(C(O)Cc2cccnc2N)CCC(C)(C)CC1. The second-order valence-corrected chi connectivity index (χ2v) is 6.93. The van der Waals surface area contributed by atoms with Gasteiger partial charge in [-0.1, -0.05) is 19.9 Å². The Morgan fingerprint density at radius 2 is 2.00 bits per heavy atom. The second kappa shape index (κ2) is 6.32. The van der Waals surface area contributed by atoms with Crippen molar-refractivity contribution in [2.45, 2.75) is 64.6 Å². The quantitative estimate of drug-likeness (QED) is 0.875. The van der Waals surface area contributed by atoms with E-state index in [0.29, 0.717) is 24.3 Å². The first-order valence-corrected chi connectivity index (χ1v) is 7.90. The molecule has 1 saturated carbocycles. The molecule has 0 aliphatic heterocycles. The number of aliphatic hydroxyl groups excluding tert-OH is 1. The lowest BCUT2D eigenvalue weighted by Crippen LogP contribution is -2.50. The number of anilines is 1. The molecule has 2 rings (SSSR count). The van der Waals surface area contributed by atoms with Crippen LogP contribution < -0.4 is 5.73 Å². The maximum atomic E-state index is 10.8. The molecule has 1 aromatic rings. The van der Waals surface area contributed by atoms with Gasteiger partial charge in [0.15, 0.2) is 0 Å². The first kappa shape index (κ1) is 16.2. The van der Waals surface area contributed by atoms with Crippen LogP contribution in [0.1, 0.15) is 52.0 Å². The van der Waals surface area contributed by atoms with Gasteiger partial charge in [0.25, 0.3) is 0 Å². The molecule has 118 valence electrons. The van der Waals surface area contributed by atoms with Crippen LogP contribution in [0.25, 0.3) is 0 Å². The summed E-state index contributed by atoms with van der Waals surface area (Å²) >= 11 is 0. The summed E-state index contributed by atoms with van der Waals surface area (Å²) in [6.07, 6.45) is 5.58. The fourth-order valence-corrected chi connectivity index (χ4v) is 3.23. The number of ether oxygens (including phenoxy) is 1. The summed E-state index contributed by atoms with van der Waals surface area (Å²) in [5.41, 5.74) is 6.70. The van der Waals surface area contributed by atoms with Crippen molar-refractivity contribution < 1.29 is 9.84 Å². The Kier molecular flexibility index (Phi) is 4.89. The Balaban J connectivity index is 2.13. The van der Waals surface area contributed by atoms with Gasteiger partial charge < -0.3 is 15.6 Å². The average molecular weight is 292 g/mol. The Morgan fingerprint density at radius 3 is 2.57 bits per heavy atom. The highest BCUT2D eigenvalue weighted by Crippen LogP contribution is 2.44. The molecular weight excluding hydrogens is 264 g/mol. The number of nitrogen functional groups attached to an aromatic ring is 1. The largest absolute Gasteiger partial charge is 0.390 e. The third kappa shape index (κ3) is 3.74. The third-order valence-electron chi connectivity index (χ3n) is 4.83. The fraction of sp³-hybridized carbons (Fsp3) is 0.706. The second-order valence-electron chi connectivity index (χ2n) is 6.93. The average Bonchev–Trinajstić information content (AvgIpc) is 2.44. The third-order valence-corrected chi connectivity index (χ3v) is 4.83. The molecule has 0 bridgehead atoms. The zero-order valence-corrected chi connectivity index (χ0v) is 13.4. The lowest BCUT2D eigenvalue weighted by molar-refractivity contribution is -0.150. The van der Waals surface area contributed by atoms with E-state index in [0.717, 1.165) is 31.2 Å². The number of nitrogens with two attached hydrogens (primary N) is 1. The minimum Gasteiger partial charge on any atom is -0.390 e. The number of hydrogen-bond acceptors (Lipinski definition) is 4. The Morgan fingerprint density at radius 1 is 1.33 bits per heavy atom. The van der Waals surface area contributed by atoms with Crippen molar-refractivity contribution in [3.8, 4) is 0 Å². The van der Waals surface area contributed by atoms with E-state index in [1.54, 1.807) is 6.20 Å². The maximum Gasteiger partial charge on any atom is 0.126 e. The van der Waals surface area contributed by atoms with E-state index in [1.807, 2.05) is 19.1 Å². The van der Waals surface area contributed by atoms with Crippen LogP contribution in [0.15, 0.2) is 18.3 Å². The van der Waals surface area contributed by atoms with E-state index in [4.69, 9.17) is 10.5 Å². The molecule has 1 heterocycles. The molecule has 1 aliphatic carbocycles. The molecule has 0 aromatic carbocycles. The van der Waals surface area contributed by atoms with E-state index in [1.165, 1.54) is 0 Å². The van der Waals surface area contributed by atoms with Crippen LogP contribution in [0.3, 0.4) is 0 Å². The highest BCUT2D eigenvalue weighted by Gasteiger charge is 2.44. The van der Waals surface area contributed by atoms with E-state index >= 15 is 0 Å². The minimum atomic E-state index is -0.542. The van der Waals surface area contributed by atoms with Crippen LogP contribution in [-0.4, -0.2) is 28.4 Å². The summed E-state index contributed by atoms with van der Waals surface area (Å²) in [5, 5.41) is 10.8. The van der Waals surface area contributed by atoms with Crippen molar-refractivity contribution in [1.29, 1.82) is 0 Å². The summed E-state index contributed by atoms with van der Waals surface area (Å²) in [6.45, 7) is 7.19. The van der Waals surface area contributed by atoms with Gasteiger partial charge >= 0.3 is 0 Å². The number of aromatic nitrogens is 1. The molecule has 0 radical (unpaired) electrons. The topological polar surface area (TPSA) is 68.4 Å². The lowest BCUT2D eigenvalue weighted by Gasteiger charge is -2.46. The van der Waals surface area contributed by atoms with E-state index in [2.05, 4.69) is 18.8 Å². The monoisotopic (exact) mass is 292 g/mol. The summed E-state index contributed by atoms with van der Waals surface area (Å²) < 4.78 is 6.03. The summed E-state index contributed by atoms with van der Waals surface area (Å²) in [4.78, 5) is 4.09. The lowest BCUT2D eigenvalue weighted by atomic mass is 9.68. The Labute approximate surface area is 127 Å². The normalized spacial score (nSPS) is 21.9. The summed E-state index contributed by atoms with van der Waals surface area (Å²) in [7, 11) is 0. The summed E-state index contributed by atoms with van der Waals surface area (Å²) in [5.74, 6) is 0.499. The molecule has 4 nitrogen and oxygen atoms in total. The maximum absolute atomic E-state index is 10.8. The van der Waals surface area contributed by atoms with Crippen LogP contribution in [0.4, 0.5) is 5.82 Å². The van der Waals surface area contributed by atoms with E-state index in [9.17, 15) is 5.11 Å². The molecule has 0 amide bonds. The molecular formula is C17H28N2O2. The Hall–Kier alpha value is -1.13. The van der Waals surface area contributed by atoms with Crippen LogP contribution in [0, 0.1) is 5.41 Å². The van der Waals surface area contributed by atoms with Crippen molar-refractivity contribution >= 4 is 5.82 Å². The molecule has 1 fully saturated rings. The number of nitrogens with zero attached hydrogens (tertiary/aromatic N) is 1. The molecule has 21 heavy (non-hydrogen) atoms. The first-order valence-electron chi connectivity index (χ1n) is 7.90. The van der Waals surface area contributed by atoms with E-state index in [-0.39, 0.29) is 0 Å². The number of hydrogen-bond donors (Lipinski definition) is 2. The highest BCUT2D eigenvalue weighted by atomic mass is 16.5. The first-order chi connectivity index (χ1) is 9.88. The Bertz CT molecular complexity index is 464. The zero-order chi connectivity index (χ0) is 15.5. The van der Waals surface area contributed by atoms with Crippen LogP contribution in [0.5, 0.6) is 0 Å². The van der Waals surface area contributed by atoms with Crippen molar-refractivity contribution in [2.75, 3.05) is 12.3 Å². The van der Waals surface area contributed by atoms with Gasteiger partial charge in [-0.3, -0.25) is 0 Å². The van der Waals surface area contributed by atoms with Gasteiger partial charge in [-0.15, -0.1) is 0 Å². The van der Waals surface area contributed by atoms with Gasteiger partial charge in [0.05, 0.1) is 11.7 Å². The molecule has 1 atom stereocenters. The molecule has 1 aliphatic rings. The molecule has 1 unspecified atom stereocenters. The van der Waals surface area contributed by atoms with Gasteiger partial charge in [-0.25, -0.2) is 4.98 Å². The minimum absolute atomic E-state index is 0.341. The number of rotatable bonds is 5.